The Bertz CT molecular complexity index is 835. The van der Waals surface area contributed by atoms with Crippen molar-refractivity contribution in [2.45, 2.75) is 52.9 Å². The van der Waals surface area contributed by atoms with Crippen LogP contribution in [0, 0.1) is 13.8 Å². The quantitative estimate of drug-likeness (QED) is 0.442. The highest BCUT2D eigenvalue weighted by molar-refractivity contribution is 5.68. The standard InChI is InChI=1S/C26H30/c1-5-19(2)25-11-6-7-12-26(25)23-16-13-22(14-17-23)15-18-24-20(3)9-8-10-21(24)4/h6-14,16-17,19H,5,15,18H2,1-4H3. The molecule has 134 valence electrons. The van der Waals surface area contributed by atoms with Gasteiger partial charge in [-0.05, 0) is 78.0 Å². The van der Waals surface area contributed by atoms with Crippen molar-refractivity contribution in [1.29, 1.82) is 0 Å². The second-order valence-corrected chi connectivity index (χ2v) is 7.46. The number of benzene rings is 3. The van der Waals surface area contributed by atoms with Crippen molar-refractivity contribution in [2.75, 3.05) is 0 Å². The third kappa shape index (κ3) is 4.07. The van der Waals surface area contributed by atoms with Crippen molar-refractivity contribution < 1.29 is 0 Å². The van der Waals surface area contributed by atoms with Crippen LogP contribution in [0.25, 0.3) is 11.1 Å². The first-order valence-electron chi connectivity index (χ1n) is 9.83. The molecule has 0 N–H and O–H groups in total. The van der Waals surface area contributed by atoms with E-state index in [0.717, 1.165) is 12.8 Å². The van der Waals surface area contributed by atoms with Crippen molar-refractivity contribution in [1.82, 2.24) is 0 Å². The molecule has 0 amide bonds. The zero-order valence-electron chi connectivity index (χ0n) is 16.5. The largest absolute Gasteiger partial charge is 0.0648 e. The summed E-state index contributed by atoms with van der Waals surface area (Å²) in [5.41, 5.74) is 9.89. The van der Waals surface area contributed by atoms with Gasteiger partial charge in [0.15, 0.2) is 0 Å². The zero-order chi connectivity index (χ0) is 18.5. The number of aryl methyl sites for hydroxylation is 3. The molecule has 3 aromatic carbocycles. The van der Waals surface area contributed by atoms with Crippen LogP contribution in [0.1, 0.15) is 54.0 Å². The first-order chi connectivity index (χ1) is 12.6. The lowest BCUT2D eigenvalue weighted by Gasteiger charge is -2.15. The summed E-state index contributed by atoms with van der Waals surface area (Å²) in [6.07, 6.45) is 3.38. The predicted molar refractivity (Wildman–Crippen MR) is 114 cm³/mol. The smallest absolute Gasteiger partial charge is 0.0149 e. The fraction of sp³-hybridized carbons (Fsp3) is 0.308. The Morgan fingerprint density at radius 3 is 2.04 bits per heavy atom. The van der Waals surface area contributed by atoms with Crippen molar-refractivity contribution in [3.05, 3.63) is 94.5 Å². The van der Waals surface area contributed by atoms with E-state index in [1.165, 1.54) is 45.4 Å². The second-order valence-electron chi connectivity index (χ2n) is 7.46. The van der Waals surface area contributed by atoms with E-state index in [1.54, 1.807) is 0 Å². The maximum Gasteiger partial charge on any atom is -0.0149 e. The molecule has 0 heteroatoms. The Balaban J connectivity index is 1.78. The Morgan fingerprint density at radius 1 is 0.731 bits per heavy atom. The lowest BCUT2D eigenvalue weighted by Crippen LogP contribution is -1.98. The molecular formula is C26H30. The fourth-order valence-corrected chi connectivity index (χ4v) is 3.77. The van der Waals surface area contributed by atoms with Gasteiger partial charge in [0.1, 0.15) is 0 Å². The van der Waals surface area contributed by atoms with Crippen LogP contribution in [0.4, 0.5) is 0 Å². The summed E-state index contributed by atoms with van der Waals surface area (Å²) in [7, 11) is 0. The molecule has 26 heavy (non-hydrogen) atoms. The maximum atomic E-state index is 2.32. The first-order valence-corrected chi connectivity index (χ1v) is 9.83. The summed E-state index contributed by atoms with van der Waals surface area (Å²) >= 11 is 0. The maximum absolute atomic E-state index is 2.32. The average Bonchev–Trinajstić information content (AvgIpc) is 2.67. The molecule has 0 aliphatic carbocycles. The van der Waals surface area contributed by atoms with Crippen molar-refractivity contribution >= 4 is 0 Å². The highest BCUT2D eigenvalue weighted by Crippen LogP contribution is 2.31. The first kappa shape index (κ1) is 18.5. The monoisotopic (exact) mass is 342 g/mol. The van der Waals surface area contributed by atoms with Crippen LogP contribution in [-0.2, 0) is 12.8 Å². The molecule has 1 atom stereocenters. The summed E-state index contributed by atoms with van der Waals surface area (Å²) in [5, 5.41) is 0. The Kier molecular flexibility index (Phi) is 5.93. The van der Waals surface area contributed by atoms with Gasteiger partial charge in [0.05, 0.1) is 0 Å². The van der Waals surface area contributed by atoms with E-state index in [1.807, 2.05) is 0 Å². The topological polar surface area (TPSA) is 0 Å². The predicted octanol–water partition coefficient (Wildman–Crippen LogP) is 7.27. The van der Waals surface area contributed by atoms with Crippen molar-refractivity contribution in [2.24, 2.45) is 0 Å². The molecule has 3 rings (SSSR count). The third-order valence-corrected chi connectivity index (χ3v) is 5.68. The number of rotatable bonds is 6. The van der Waals surface area contributed by atoms with E-state index < -0.39 is 0 Å². The van der Waals surface area contributed by atoms with Crippen LogP contribution < -0.4 is 0 Å². The molecule has 0 spiro atoms. The second kappa shape index (κ2) is 8.36. The summed E-state index contributed by atoms with van der Waals surface area (Å²) in [4.78, 5) is 0. The van der Waals surface area contributed by atoms with E-state index in [0.29, 0.717) is 5.92 Å². The van der Waals surface area contributed by atoms with Gasteiger partial charge in [0, 0.05) is 0 Å². The summed E-state index contributed by atoms with van der Waals surface area (Å²) in [6.45, 7) is 9.02. The highest BCUT2D eigenvalue weighted by atomic mass is 14.1. The van der Waals surface area contributed by atoms with Gasteiger partial charge in [-0.3, -0.25) is 0 Å². The van der Waals surface area contributed by atoms with E-state index >= 15 is 0 Å². The van der Waals surface area contributed by atoms with E-state index in [4.69, 9.17) is 0 Å². The fourth-order valence-electron chi connectivity index (χ4n) is 3.77. The minimum atomic E-state index is 0.593. The summed E-state index contributed by atoms with van der Waals surface area (Å²) in [6, 6.07) is 24.6. The van der Waals surface area contributed by atoms with E-state index in [9.17, 15) is 0 Å². The van der Waals surface area contributed by atoms with Gasteiger partial charge in [-0.2, -0.15) is 0 Å². The van der Waals surface area contributed by atoms with Gasteiger partial charge in [-0.25, -0.2) is 0 Å². The minimum absolute atomic E-state index is 0.593. The summed E-state index contributed by atoms with van der Waals surface area (Å²) < 4.78 is 0. The van der Waals surface area contributed by atoms with Crippen LogP contribution in [0.5, 0.6) is 0 Å². The lowest BCUT2D eigenvalue weighted by molar-refractivity contribution is 0.735. The molecule has 0 heterocycles. The van der Waals surface area contributed by atoms with E-state index in [-0.39, 0.29) is 0 Å². The van der Waals surface area contributed by atoms with Crippen molar-refractivity contribution in [3.8, 4) is 11.1 Å². The minimum Gasteiger partial charge on any atom is -0.0648 e. The molecule has 0 aromatic heterocycles. The molecule has 0 aliphatic heterocycles. The van der Waals surface area contributed by atoms with Gasteiger partial charge in [-0.1, -0.05) is 80.6 Å². The molecular weight excluding hydrogens is 312 g/mol. The lowest BCUT2D eigenvalue weighted by atomic mass is 9.89. The Hall–Kier alpha value is -2.34. The van der Waals surface area contributed by atoms with Gasteiger partial charge in [0.2, 0.25) is 0 Å². The Labute approximate surface area is 158 Å². The third-order valence-electron chi connectivity index (χ3n) is 5.68. The molecule has 0 nitrogen and oxygen atoms in total. The van der Waals surface area contributed by atoms with Gasteiger partial charge < -0.3 is 0 Å². The van der Waals surface area contributed by atoms with E-state index in [2.05, 4.69) is 94.4 Å². The molecule has 0 saturated carbocycles. The normalized spacial score (nSPS) is 12.2. The SMILES string of the molecule is CCC(C)c1ccccc1-c1ccc(CCc2c(C)cccc2C)cc1. The zero-order valence-corrected chi connectivity index (χ0v) is 16.5. The van der Waals surface area contributed by atoms with Crippen LogP contribution in [-0.4, -0.2) is 0 Å². The molecule has 1 unspecified atom stereocenters. The van der Waals surface area contributed by atoms with Gasteiger partial charge in [-0.15, -0.1) is 0 Å². The molecule has 0 bridgehead atoms. The van der Waals surface area contributed by atoms with Gasteiger partial charge in [0.25, 0.3) is 0 Å². The number of hydrogen-bond donors (Lipinski definition) is 0. The van der Waals surface area contributed by atoms with Crippen molar-refractivity contribution in [3.63, 3.8) is 0 Å². The molecule has 0 aliphatic rings. The molecule has 3 aromatic rings. The van der Waals surface area contributed by atoms with Crippen LogP contribution in [0.3, 0.4) is 0 Å². The number of hydrogen-bond acceptors (Lipinski definition) is 0. The average molecular weight is 343 g/mol. The molecule has 0 fully saturated rings. The molecule has 0 radical (unpaired) electrons. The summed E-state index contributed by atoms with van der Waals surface area (Å²) in [5.74, 6) is 0.593. The molecule has 0 saturated heterocycles. The Morgan fingerprint density at radius 2 is 1.38 bits per heavy atom. The van der Waals surface area contributed by atoms with Gasteiger partial charge >= 0.3 is 0 Å². The highest BCUT2D eigenvalue weighted by Gasteiger charge is 2.10. The van der Waals surface area contributed by atoms with Crippen LogP contribution >= 0.6 is 0 Å². The van der Waals surface area contributed by atoms with Crippen LogP contribution in [0.15, 0.2) is 66.7 Å². The van der Waals surface area contributed by atoms with Crippen LogP contribution in [0.2, 0.25) is 0 Å².